The van der Waals surface area contributed by atoms with Gasteiger partial charge in [-0.2, -0.15) is 0 Å². The number of rotatable bonds is 6. The normalized spacial score (nSPS) is 16.1. The molecule has 2 amide bonds. The van der Waals surface area contributed by atoms with E-state index in [1.54, 1.807) is 6.92 Å². The lowest BCUT2D eigenvalue weighted by atomic mass is 10.0. The van der Waals surface area contributed by atoms with E-state index in [2.05, 4.69) is 10.6 Å². The van der Waals surface area contributed by atoms with Gasteiger partial charge in [0.25, 0.3) is 0 Å². The van der Waals surface area contributed by atoms with Gasteiger partial charge in [-0.25, -0.2) is 4.79 Å². The molecule has 104 valence electrons. The fourth-order valence-electron chi connectivity index (χ4n) is 1.76. The first-order valence-electron chi connectivity index (χ1n) is 6.47. The van der Waals surface area contributed by atoms with Crippen molar-refractivity contribution in [3.8, 4) is 0 Å². The molecule has 0 bridgehead atoms. The Morgan fingerprint density at radius 3 is 2.67 bits per heavy atom. The molecule has 1 rings (SSSR count). The highest BCUT2D eigenvalue weighted by molar-refractivity contribution is 5.75. The van der Waals surface area contributed by atoms with Gasteiger partial charge in [-0.3, -0.25) is 4.79 Å². The van der Waals surface area contributed by atoms with Crippen molar-refractivity contribution in [1.82, 2.24) is 10.6 Å². The van der Waals surface area contributed by atoms with Gasteiger partial charge in [0, 0.05) is 26.3 Å². The van der Waals surface area contributed by atoms with Crippen LogP contribution >= 0.6 is 0 Å². The third kappa shape index (κ3) is 6.44. The molecule has 1 aliphatic rings. The van der Waals surface area contributed by atoms with Crippen molar-refractivity contribution in [2.24, 2.45) is 5.92 Å². The smallest absolute Gasteiger partial charge is 0.314 e. The van der Waals surface area contributed by atoms with E-state index >= 15 is 0 Å². The van der Waals surface area contributed by atoms with Crippen LogP contribution in [0.4, 0.5) is 4.79 Å². The summed E-state index contributed by atoms with van der Waals surface area (Å²) in [5, 5.41) is 5.43. The molecular weight excluding hydrogens is 236 g/mol. The zero-order valence-electron chi connectivity index (χ0n) is 10.9. The number of hydrogen-bond acceptors (Lipinski definition) is 4. The van der Waals surface area contributed by atoms with Crippen LogP contribution in [0, 0.1) is 5.92 Å². The minimum absolute atomic E-state index is 0.207. The predicted molar refractivity (Wildman–Crippen MR) is 66.2 cm³/mol. The maximum Gasteiger partial charge on any atom is 0.314 e. The van der Waals surface area contributed by atoms with Gasteiger partial charge in [0.15, 0.2) is 0 Å². The van der Waals surface area contributed by atoms with Crippen LogP contribution in [0.2, 0.25) is 0 Å². The van der Waals surface area contributed by atoms with Crippen molar-refractivity contribution in [3.63, 3.8) is 0 Å². The largest absolute Gasteiger partial charge is 0.466 e. The summed E-state index contributed by atoms with van der Waals surface area (Å²) in [7, 11) is 0. The van der Waals surface area contributed by atoms with Crippen LogP contribution in [0.5, 0.6) is 0 Å². The van der Waals surface area contributed by atoms with Gasteiger partial charge in [-0.05, 0) is 25.7 Å². The maximum absolute atomic E-state index is 11.4. The lowest BCUT2D eigenvalue weighted by molar-refractivity contribution is -0.142. The van der Waals surface area contributed by atoms with Gasteiger partial charge in [0.2, 0.25) is 0 Å². The second-order valence-corrected chi connectivity index (χ2v) is 4.25. The summed E-state index contributed by atoms with van der Waals surface area (Å²) in [5.74, 6) is 0.205. The van der Waals surface area contributed by atoms with Crippen LogP contribution in [-0.4, -0.2) is 44.9 Å². The number of ether oxygens (including phenoxy) is 2. The zero-order chi connectivity index (χ0) is 13.2. The van der Waals surface area contributed by atoms with Crippen molar-refractivity contribution >= 4 is 12.0 Å². The first-order chi connectivity index (χ1) is 8.72. The molecule has 18 heavy (non-hydrogen) atoms. The van der Waals surface area contributed by atoms with Gasteiger partial charge < -0.3 is 20.1 Å². The van der Waals surface area contributed by atoms with E-state index in [-0.39, 0.29) is 18.4 Å². The van der Waals surface area contributed by atoms with E-state index in [0.717, 1.165) is 26.1 Å². The molecular formula is C12H22N2O4. The molecule has 0 aromatic carbocycles. The molecule has 0 atom stereocenters. The number of esters is 1. The summed E-state index contributed by atoms with van der Waals surface area (Å²) in [6.07, 6.45) is 2.19. The molecule has 1 heterocycles. The number of nitrogens with one attached hydrogen (secondary N) is 2. The van der Waals surface area contributed by atoms with Crippen LogP contribution < -0.4 is 10.6 Å². The second-order valence-electron chi connectivity index (χ2n) is 4.25. The Balaban J connectivity index is 2.01. The molecule has 1 aliphatic heterocycles. The summed E-state index contributed by atoms with van der Waals surface area (Å²) in [6.45, 7) is 4.64. The standard InChI is InChI=1S/C12H22N2O4/c1-2-18-11(15)3-6-13-12(16)14-9-10-4-7-17-8-5-10/h10H,2-9H2,1H3,(H2,13,14,16). The Kier molecular flexibility index (Phi) is 7.17. The van der Waals surface area contributed by atoms with Crippen LogP contribution in [0.3, 0.4) is 0 Å². The van der Waals surface area contributed by atoms with E-state index in [1.807, 2.05) is 0 Å². The monoisotopic (exact) mass is 258 g/mol. The van der Waals surface area contributed by atoms with Gasteiger partial charge in [-0.15, -0.1) is 0 Å². The fraction of sp³-hybridized carbons (Fsp3) is 0.833. The predicted octanol–water partition coefficient (Wildman–Crippen LogP) is 0.665. The van der Waals surface area contributed by atoms with Gasteiger partial charge in [-0.1, -0.05) is 0 Å². The molecule has 6 heteroatoms. The van der Waals surface area contributed by atoms with E-state index in [1.165, 1.54) is 0 Å². The Hall–Kier alpha value is -1.30. The number of carbonyl (C=O) groups excluding carboxylic acids is 2. The van der Waals surface area contributed by atoms with Crippen molar-refractivity contribution in [1.29, 1.82) is 0 Å². The molecule has 0 aliphatic carbocycles. The highest BCUT2D eigenvalue weighted by atomic mass is 16.5. The molecule has 1 fully saturated rings. The first-order valence-corrected chi connectivity index (χ1v) is 6.47. The topological polar surface area (TPSA) is 76.7 Å². The summed E-state index contributed by atoms with van der Waals surface area (Å²) in [4.78, 5) is 22.4. The first kappa shape index (κ1) is 14.8. The SMILES string of the molecule is CCOC(=O)CCNC(=O)NCC1CCOCC1. The molecule has 6 nitrogen and oxygen atoms in total. The lowest BCUT2D eigenvalue weighted by Gasteiger charge is -2.22. The molecule has 1 saturated heterocycles. The van der Waals surface area contributed by atoms with Gasteiger partial charge in [0.1, 0.15) is 0 Å². The quantitative estimate of drug-likeness (QED) is 0.686. The molecule has 0 unspecified atom stereocenters. The molecule has 0 aromatic heterocycles. The Labute approximate surface area is 107 Å². The lowest BCUT2D eigenvalue weighted by Crippen LogP contribution is -2.40. The summed E-state index contributed by atoms with van der Waals surface area (Å²) >= 11 is 0. The summed E-state index contributed by atoms with van der Waals surface area (Å²) in [6, 6.07) is -0.231. The van der Waals surface area contributed by atoms with E-state index in [0.29, 0.717) is 25.6 Å². The van der Waals surface area contributed by atoms with Crippen molar-refractivity contribution in [3.05, 3.63) is 0 Å². The van der Waals surface area contributed by atoms with Gasteiger partial charge in [0.05, 0.1) is 13.0 Å². The third-order valence-electron chi connectivity index (χ3n) is 2.81. The van der Waals surface area contributed by atoms with E-state index in [9.17, 15) is 9.59 Å². The summed E-state index contributed by atoms with van der Waals surface area (Å²) in [5.41, 5.74) is 0. The third-order valence-corrected chi connectivity index (χ3v) is 2.81. The molecule has 2 N–H and O–H groups in total. The Morgan fingerprint density at radius 2 is 2.00 bits per heavy atom. The van der Waals surface area contributed by atoms with Crippen molar-refractivity contribution in [2.75, 3.05) is 32.9 Å². The molecule has 0 spiro atoms. The maximum atomic E-state index is 11.4. The number of hydrogen-bond donors (Lipinski definition) is 2. The minimum Gasteiger partial charge on any atom is -0.466 e. The second kappa shape index (κ2) is 8.74. The molecule has 0 radical (unpaired) electrons. The highest BCUT2D eigenvalue weighted by Gasteiger charge is 2.14. The van der Waals surface area contributed by atoms with Crippen LogP contribution in [0.15, 0.2) is 0 Å². The van der Waals surface area contributed by atoms with Crippen molar-refractivity contribution < 1.29 is 19.1 Å². The number of carbonyl (C=O) groups is 2. The fourth-order valence-corrected chi connectivity index (χ4v) is 1.76. The van der Waals surface area contributed by atoms with Crippen LogP contribution in [0.1, 0.15) is 26.2 Å². The Morgan fingerprint density at radius 1 is 1.28 bits per heavy atom. The Bertz CT molecular complexity index is 265. The average Bonchev–Trinajstić information content (AvgIpc) is 2.38. The summed E-state index contributed by atoms with van der Waals surface area (Å²) < 4.78 is 10.00. The van der Waals surface area contributed by atoms with Crippen LogP contribution in [0.25, 0.3) is 0 Å². The minimum atomic E-state index is -0.290. The van der Waals surface area contributed by atoms with Gasteiger partial charge >= 0.3 is 12.0 Å². The highest BCUT2D eigenvalue weighted by Crippen LogP contribution is 2.12. The van der Waals surface area contributed by atoms with E-state index < -0.39 is 0 Å². The number of urea groups is 1. The van der Waals surface area contributed by atoms with Crippen LogP contribution in [-0.2, 0) is 14.3 Å². The molecule has 0 aromatic rings. The van der Waals surface area contributed by atoms with E-state index in [4.69, 9.17) is 9.47 Å². The zero-order valence-corrected chi connectivity index (χ0v) is 10.9. The van der Waals surface area contributed by atoms with Crippen molar-refractivity contribution in [2.45, 2.75) is 26.2 Å². The molecule has 0 saturated carbocycles. The number of amides is 2. The average molecular weight is 258 g/mol.